The standard InChI is InChI=1S/C18H22N2OS/c1-14(7-8-15-5-3-2-4-6-15)20(18(21)16-9-10-16)13-17-19-11-12-22-17/h2-6,11-12,14,16H,7-10,13H2,1H3/t14-/m0/s1. The maximum atomic E-state index is 12.6. The smallest absolute Gasteiger partial charge is 0.226 e. The second-order valence-electron chi connectivity index (χ2n) is 6.04. The maximum Gasteiger partial charge on any atom is 0.226 e. The van der Waals surface area contributed by atoms with Crippen LogP contribution < -0.4 is 0 Å². The van der Waals surface area contributed by atoms with E-state index in [2.05, 4.69) is 36.2 Å². The lowest BCUT2D eigenvalue weighted by molar-refractivity contribution is -0.135. The molecule has 1 saturated carbocycles. The minimum Gasteiger partial charge on any atom is -0.333 e. The zero-order valence-corrected chi connectivity index (χ0v) is 13.8. The Kier molecular flexibility index (Phi) is 4.88. The third-order valence-corrected chi connectivity index (χ3v) is 4.99. The highest BCUT2D eigenvalue weighted by atomic mass is 32.1. The predicted molar refractivity (Wildman–Crippen MR) is 89.6 cm³/mol. The summed E-state index contributed by atoms with van der Waals surface area (Å²) in [5.41, 5.74) is 1.34. The van der Waals surface area contributed by atoms with Crippen LogP contribution in [0.15, 0.2) is 41.9 Å². The fourth-order valence-electron chi connectivity index (χ4n) is 2.67. The van der Waals surface area contributed by atoms with E-state index in [-0.39, 0.29) is 12.0 Å². The van der Waals surface area contributed by atoms with E-state index in [0.717, 1.165) is 30.7 Å². The third kappa shape index (κ3) is 3.95. The molecule has 1 aliphatic rings. The Morgan fingerprint density at radius 2 is 2.14 bits per heavy atom. The highest BCUT2D eigenvalue weighted by Gasteiger charge is 2.35. The van der Waals surface area contributed by atoms with Crippen LogP contribution in [0.25, 0.3) is 0 Å². The first kappa shape index (κ1) is 15.2. The van der Waals surface area contributed by atoms with E-state index >= 15 is 0 Å². The van der Waals surface area contributed by atoms with E-state index in [0.29, 0.717) is 12.5 Å². The molecule has 0 radical (unpaired) electrons. The molecule has 1 aromatic heterocycles. The Bertz CT molecular complexity index is 593. The molecule has 0 aliphatic heterocycles. The normalized spacial score (nSPS) is 15.5. The number of hydrogen-bond acceptors (Lipinski definition) is 3. The Morgan fingerprint density at radius 3 is 2.77 bits per heavy atom. The predicted octanol–water partition coefficient (Wildman–Crippen LogP) is 3.90. The number of carbonyl (C=O) groups is 1. The van der Waals surface area contributed by atoms with Gasteiger partial charge in [0.25, 0.3) is 0 Å². The molecule has 1 heterocycles. The molecule has 0 spiro atoms. The first-order chi connectivity index (χ1) is 10.7. The summed E-state index contributed by atoms with van der Waals surface area (Å²) in [5, 5.41) is 3.00. The lowest BCUT2D eigenvalue weighted by atomic mass is 10.0. The zero-order valence-electron chi connectivity index (χ0n) is 12.9. The fourth-order valence-corrected chi connectivity index (χ4v) is 3.28. The molecule has 0 saturated heterocycles. The largest absolute Gasteiger partial charge is 0.333 e. The molecular formula is C18H22N2OS. The van der Waals surface area contributed by atoms with Crippen LogP contribution in [0.1, 0.15) is 36.8 Å². The van der Waals surface area contributed by atoms with E-state index in [1.165, 1.54) is 5.56 Å². The number of aryl methyl sites for hydroxylation is 1. The summed E-state index contributed by atoms with van der Waals surface area (Å²) in [6, 6.07) is 10.7. The van der Waals surface area contributed by atoms with Gasteiger partial charge in [-0.15, -0.1) is 11.3 Å². The van der Waals surface area contributed by atoms with Crippen molar-refractivity contribution >= 4 is 17.2 Å². The van der Waals surface area contributed by atoms with E-state index in [1.807, 2.05) is 22.5 Å². The molecule has 3 rings (SSSR count). The highest BCUT2D eigenvalue weighted by Crippen LogP contribution is 2.32. The lowest BCUT2D eigenvalue weighted by Gasteiger charge is -2.29. The lowest BCUT2D eigenvalue weighted by Crippen LogP contribution is -2.39. The summed E-state index contributed by atoms with van der Waals surface area (Å²) in [7, 11) is 0. The van der Waals surface area contributed by atoms with Crippen LogP contribution in [-0.2, 0) is 17.8 Å². The Balaban J connectivity index is 1.63. The number of aromatic nitrogens is 1. The molecule has 0 bridgehead atoms. The van der Waals surface area contributed by atoms with Gasteiger partial charge in [0.05, 0.1) is 6.54 Å². The van der Waals surface area contributed by atoms with Gasteiger partial charge in [-0.2, -0.15) is 0 Å². The average molecular weight is 314 g/mol. The number of amides is 1. The van der Waals surface area contributed by atoms with E-state index in [4.69, 9.17) is 0 Å². The molecule has 0 unspecified atom stereocenters. The van der Waals surface area contributed by atoms with Crippen molar-refractivity contribution in [1.29, 1.82) is 0 Å². The Hall–Kier alpha value is -1.68. The topological polar surface area (TPSA) is 33.2 Å². The van der Waals surface area contributed by atoms with E-state index in [1.54, 1.807) is 11.3 Å². The second-order valence-corrected chi connectivity index (χ2v) is 7.02. The number of benzene rings is 1. The van der Waals surface area contributed by atoms with Gasteiger partial charge in [0.1, 0.15) is 5.01 Å². The minimum atomic E-state index is 0.247. The molecule has 3 nitrogen and oxygen atoms in total. The van der Waals surface area contributed by atoms with Gasteiger partial charge in [0, 0.05) is 23.5 Å². The number of thiazole rings is 1. The summed E-state index contributed by atoms with van der Waals surface area (Å²) in [5.74, 6) is 0.579. The molecule has 4 heteroatoms. The van der Waals surface area contributed by atoms with Crippen molar-refractivity contribution in [2.24, 2.45) is 5.92 Å². The molecule has 1 atom stereocenters. The number of nitrogens with zero attached hydrogens (tertiary/aromatic N) is 2. The molecule has 1 amide bonds. The number of carbonyl (C=O) groups excluding carboxylic acids is 1. The van der Waals surface area contributed by atoms with Crippen molar-refractivity contribution in [2.45, 2.75) is 45.2 Å². The Labute approximate surface area is 136 Å². The first-order valence-electron chi connectivity index (χ1n) is 7.97. The van der Waals surface area contributed by atoms with Gasteiger partial charge in [-0.05, 0) is 38.2 Å². The third-order valence-electron chi connectivity index (χ3n) is 4.22. The molecule has 0 N–H and O–H groups in total. The monoisotopic (exact) mass is 314 g/mol. The van der Waals surface area contributed by atoms with Gasteiger partial charge in [0.2, 0.25) is 5.91 Å². The summed E-state index contributed by atoms with van der Waals surface area (Å²) in [4.78, 5) is 19.0. The minimum absolute atomic E-state index is 0.247. The number of hydrogen-bond donors (Lipinski definition) is 0. The van der Waals surface area contributed by atoms with Gasteiger partial charge >= 0.3 is 0 Å². The van der Waals surface area contributed by atoms with Crippen LogP contribution >= 0.6 is 11.3 Å². The molecule has 22 heavy (non-hydrogen) atoms. The maximum absolute atomic E-state index is 12.6. The van der Waals surface area contributed by atoms with Crippen LogP contribution in [0.3, 0.4) is 0 Å². The zero-order chi connectivity index (χ0) is 15.4. The van der Waals surface area contributed by atoms with Crippen LogP contribution in [0, 0.1) is 5.92 Å². The average Bonchev–Trinajstić information content (AvgIpc) is 3.28. The second kappa shape index (κ2) is 7.05. The van der Waals surface area contributed by atoms with Crippen molar-refractivity contribution < 1.29 is 4.79 Å². The van der Waals surface area contributed by atoms with Crippen molar-refractivity contribution in [1.82, 2.24) is 9.88 Å². The SMILES string of the molecule is C[C@@H](CCc1ccccc1)N(Cc1nccs1)C(=O)C1CC1. The van der Waals surface area contributed by atoms with E-state index in [9.17, 15) is 4.79 Å². The molecule has 1 aliphatic carbocycles. The van der Waals surface area contributed by atoms with Gasteiger partial charge in [-0.25, -0.2) is 4.98 Å². The van der Waals surface area contributed by atoms with Gasteiger partial charge in [0.15, 0.2) is 0 Å². The quantitative estimate of drug-likeness (QED) is 0.776. The van der Waals surface area contributed by atoms with Crippen molar-refractivity contribution in [3.8, 4) is 0 Å². The van der Waals surface area contributed by atoms with Gasteiger partial charge in [-0.1, -0.05) is 30.3 Å². The van der Waals surface area contributed by atoms with Gasteiger partial charge < -0.3 is 4.90 Å². The molecule has 1 aromatic carbocycles. The van der Waals surface area contributed by atoms with Crippen molar-refractivity contribution in [3.63, 3.8) is 0 Å². The first-order valence-corrected chi connectivity index (χ1v) is 8.85. The van der Waals surface area contributed by atoms with E-state index < -0.39 is 0 Å². The highest BCUT2D eigenvalue weighted by molar-refractivity contribution is 7.09. The Morgan fingerprint density at radius 1 is 1.36 bits per heavy atom. The summed E-state index contributed by atoms with van der Waals surface area (Å²) in [6.45, 7) is 2.82. The van der Waals surface area contributed by atoms with Crippen LogP contribution in [-0.4, -0.2) is 21.8 Å². The van der Waals surface area contributed by atoms with Crippen LogP contribution in [0.2, 0.25) is 0 Å². The summed E-state index contributed by atoms with van der Waals surface area (Å²) >= 11 is 1.63. The molecule has 1 fully saturated rings. The number of rotatable bonds is 7. The molecule has 2 aromatic rings. The fraction of sp³-hybridized carbons (Fsp3) is 0.444. The summed E-state index contributed by atoms with van der Waals surface area (Å²) in [6.07, 6.45) is 5.92. The molecule has 116 valence electrons. The molecular weight excluding hydrogens is 292 g/mol. The van der Waals surface area contributed by atoms with Crippen molar-refractivity contribution in [2.75, 3.05) is 0 Å². The van der Waals surface area contributed by atoms with Crippen LogP contribution in [0.5, 0.6) is 0 Å². The summed E-state index contributed by atoms with van der Waals surface area (Å²) < 4.78 is 0. The van der Waals surface area contributed by atoms with Gasteiger partial charge in [-0.3, -0.25) is 4.79 Å². The van der Waals surface area contributed by atoms with Crippen LogP contribution in [0.4, 0.5) is 0 Å². The van der Waals surface area contributed by atoms with Crippen molar-refractivity contribution in [3.05, 3.63) is 52.5 Å².